The van der Waals surface area contributed by atoms with Crippen molar-refractivity contribution in [3.63, 3.8) is 0 Å². The van der Waals surface area contributed by atoms with Crippen molar-refractivity contribution in [2.24, 2.45) is 5.92 Å². The number of aromatic nitrogens is 1. The van der Waals surface area contributed by atoms with Crippen LogP contribution in [0.2, 0.25) is 0 Å². The molecule has 0 amide bonds. The average Bonchev–Trinajstić information content (AvgIpc) is 2.94. The van der Waals surface area contributed by atoms with Crippen molar-refractivity contribution in [2.45, 2.75) is 64.9 Å². The first-order valence-corrected chi connectivity index (χ1v) is 7.79. The Morgan fingerprint density at radius 2 is 2.05 bits per heavy atom. The molecular formula is C17H27NO2. The molecule has 0 bridgehead atoms. The van der Waals surface area contributed by atoms with Crippen LogP contribution in [0.3, 0.4) is 0 Å². The number of aliphatic hydroxyl groups excluding tert-OH is 1. The van der Waals surface area contributed by atoms with Gasteiger partial charge < -0.3 is 9.84 Å². The molecule has 2 rings (SSSR count). The second-order valence-electron chi connectivity index (χ2n) is 6.13. The largest absolute Gasteiger partial charge is 0.496 e. The van der Waals surface area contributed by atoms with Crippen LogP contribution >= 0.6 is 0 Å². The summed E-state index contributed by atoms with van der Waals surface area (Å²) < 4.78 is 5.42. The smallest absolute Gasteiger partial charge is 0.128 e. The van der Waals surface area contributed by atoms with Crippen LogP contribution in [0.1, 0.15) is 55.3 Å². The maximum Gasteiger partial charge on any atom is 0.128 e. The minimum Gasteiger partial charge on any atom is -0.496 e. The van der Waals surface area contributed by atoms with Gasteiger partial charge in [-0.25, -0.2) is 0 Å². The van der Waals surface area contributed by atoms with E-state index >= 15 is 0 Å². The third-order valence-corrected chi connectivity index (χ3v) is 4.56. The normalized spacial score (nSPS) is 17.4. The fourth-order valence-electron chi connectivity index (χ4n) is 3.33. The molecule has 0 spiro atoms. The van der Waals surface area contributed by atoms with E-state index in [1.165, 1.54) is 25.7 Å². The number of aryl methyl sites for hydroxylation is 1. The van der Waals surface area contributed by atoms with Crippen LogP contribution in [0, 0.1) is 19.8 Å². The molecule has 1 fully saturated rings. The lowest BCUT2D eigenvalue weighted by molar-refractivity contribution is 0.153. The first-order chi connectivity index (χ1) is 9.61. The lowest BCUT2D eigenvalue weighted by atomic mass is 9.97. The molecule has 1 aliphatic carbocycles. The molecule has 1 aromatic rings. The van der Waals surface area contributed by atoms with Crippen LogP contribution in [-0.4, -0.2) is 23.3 Å². The van der Waals surface area contributed by atoms with Gasteiger partial charge >= 0.3 is 0 Å². The Hall–Kier alpha value is -1.09. The van der Waals surface area contributed by atoms with Crippen LogP contribution < -0.4 is 4.74 Å². The topological polar surface area (TPSA) is 42.4 Å². The molecular weight excluding hydrogens is 250 g/mol. The van der Waals surface area contributed by atoms with E-state index in [-0.39, 0.29) is 6.10 Å². The van der Waals surface area contributed by atoms with Gasteiger partial charge in [0.05, 0.1) is 13.2 Å². The highest BCUT2D eigenvalue weighted by atomic mass is 16.5. The third-order valence-electron chi connectivity index (χ3n) is 4.56. The minimum absolute atomic E-state index is 0.283. The van der Waals surface area contributed by atoms with Crippen molar-refractivity contribution < 1.29 is 9.84 Å². The van der Waals surface area contributed by atoms with Crippen LogP contribution in [0.25, 0.3) is 0 Å². The molecule has 1 aliphatic rings. The van der Waals surface area contributed by atoms with Gasteiger partial charge in [-0.15, -0.1) is 0 Å². The molecule has 3 nitrogen and oxygen atoms in total. The Bertz CT molecular complexity index is 439. The zero-order chi connectivity index (χ0) is 14.5. The molecule has 0 aromatic carbocycles. The van der Waals surface area contributed by atoms with Crippen molar-refractivity contribution in [3.05, 3.63) is 23.0 Å². The Labute approximate surface area is 122 Å². The van der Waals surface area contributed by atoms with Gasteiger partial charge in [-0.3, -0.25) is 4.98 Å². The molecule has 20 heavy (non-hydrogen) atoms. The lowest BCUT2D eigenvalue weighted by Gasteiger charge is -2.16. The Kier molecular flexibility index (Phi) is 5.41. The van der Waals surface area contributed by atoms with E-state index in [0.717, 1.165) is 41.3 Å². The summed E-state index contributed by atoms with van der Waals surface area (Å²) in [7, 11) is 1.69. The summed E-state index contributed by atoms with van der Waals surface area (Å²) in [5, 5.41) is 10.2. The van der Waals surface area contributed by atoms with Gasteiger partial charge in [-0.1, -0.05) is 25.7 Å². The zero-order valence-corrected chi connectivity index (χ0v) is 13.0. The molecule has 1 aromatic heterocycles. The fourth-order valence-corrected chi connectivity index (χ4v) is 3.33. The number of ether oxygens (including phenoxy) is 1. The zero-order valence-electron chi connectivity index (χ0n) is 13.0. The van der Waals surface area contributed by atoms with Crippen molar-refractivity contribution in [2.75, 3.05) is 7.11 Å². The number of methoxy groups -OCH3 is 1. The lowest BCUT2D eigenvalue weighted by Crippen LogP contribution is -2.14. The maximum atomic E-state index is 10.2. The fraction of sp³-hybridized carbons (Fsp3) is 0.706. The van der Waals surface area contributed by atoms with Crippen molar-refractivity contribution >= 4 is 0 Å². The number of rotatable bonds is 6. The number of nitrogens with zero attached hydrogens (tertiary/aromatic N) is 1. The van der Waals surface area contributed by atoms with Crippen LogP contribution in [0.4, 0.5) is 0 Å². The monoisotopic (exact) mass is 277 g/mol. The molecule has 1 N–H and O–H groups in total. The SMILES string of the molecule is COc1c(C)cnc(CC(O)CCC2CCCC2)c1C. The first-order valence-electron chi connectivity index (χ1n) is 7.79. The maximum absolute atomic E-state index is 10.2. The molecule has 1 unspecified atom stereocenters. The Balaban J connectivity index is 1.91. The van der Waals surface area contributed by atoms with Gasteiger partial charge in [0.25, 0.3) is 0 Å². The van der Waals surface area contributed by atoms with Crippen molar-refractivity contribution in [3.8, 4) is 5.75 Å². The van der Waals surface area contributed by atoms with E-state index in [1.54, 1.807) is 7.11 Å². The van der Waals surface area contributed by atoms with E-state index in [1.807, 2.05) is 20.0 Å². The molecule has 3 heteroatoms. The minimum atomic E-state index is -0.283. The van der Waals surface area contributed by atoms with E-state index in [4.69, 9.17) is 4.74 Å². The summed E-state index contributed by atoms with van der Waals surface area (Å²) in [6, 6.07) is 0. The highest BCUT2D eigenvalue weighted by Gasteiger charge is 2.18. The van der Waals surface area contributed by atoms with Crippen LogP contribution in [-0.2, 0) is 6.42 Å². The predicted octanol–water partition coefficient (Wildman–Crippen LogP) is 3.58. The summed E-state index contributed by atoms with van der Waals surface area (Å²) in [4.78, 5) is 4.47. The van der Waals surface area contributed by atoms with Gasteiger partial charge in [-0.2, -0.15) is 0 Å². The van der Waals surface area contributed by atoms with Crippen LogP contribution in [0.5, 0.6) is 5.75 Å². The Morgan fingerprint density at radius 3 is 2.70 bits per heavy atom. The summed E-state index contributed by atoms with van der Waals surface area (Å²) in [6.07, 6.45) is 9.68. The molecule has 1 saturated carbocycles. The van der Waals surface area contributed by atoms with Gasteiger partial charge in [0, 0.05) is 29.4 Å². The molecule has 0 saturated heterocycles. The second-order valence-corrected chi connectivity index (χ2v) is 6.13. The van der Waals surface area contributed by atoms with Gasteiger partial charge in [0.1, 0.15) is 5.75 Å². The van der Waals surface area contributed by atoms with E-state index < -0.39 is 0 Å². The van der Waals surface area contributed by atoms with Gasteiger partial charge in [-0.05, 0) is 32.6 Å². The number of aliphatic hydroxyl groups is 1. The van der Waals surface area contributed by atoms with Crippen molar-refractivity contribution in [1.82, 2.24) is 4.98 Å². The quantitative estimate of drug-likeness (QED) is 0.864. The van der Waals surface area contributed by atoms with E-state index in [2.05, 4.69) is 4.98 Å². The van der Waals surface area contributed by atoms with Gasteiger partial charge in [0.2, 0.25) is 0 Å². The second kappa shape index (κ2) is 7.07. The average molecular weight is 277 g/mol. The van der Waals surface area contributed by atoms with E-state index in [0.29, 0.717) is 6.42 Å². The molecule has 0 aliphatic heterocycles. The number of hydrogen-bond donors (Lipinski definition) is 1. The first kappa shape index (κ1) is 15.3. The number of pyridine rings is 1. The van der Waals surface area contributed by atoms with Crippen LogP contribution in [0.15, 0.2) is 6.20 Å². The molecule has 1 heterocycles. The predicted molar refractivity (Wildman–Crippen MR) is 81.2 cm³/mol. The summed E-state index contributed by atoms with van der Waals surface area (Å²) in [5.41, 5.74) is 3.08. The molecule has 1 atom stereocenters. The molecule has 0 radical (unpaired) electrons. The highest BCUT2D eigenvalue weighted by molar-refractivity contribution is 5.41. The third kappa shape index (κ3) is 3.72. The summed E-state index contributed by atoms with van der Waals surface area (Å²) in [6.45, 7) is 4.02. The summed E-state index contributed by atoms with van der Waals surface area (Å²) in [5.74, 6) is 1.74. The molecule has 112 valence electrons. The van der Waals surface area contributed by atoms with Crippen molar-refractivity contribution in [1.29, 1.82) is 0 Å². The van der Waals surface area contributed by atoms with E-state index in [9.17, 15) is 5.11 Å². The van der Waals surface area contributed by atoms with Gasteiger partial charge in [0.15, 0.2) is 0 Å². The summed E-state index contributed by atoms with van der Waals surface area (Å²) >= 11 is 0. The Morgan fingerprint density at radius 1 is 1.35 bits per heavy atom. The standard InChI is InChI=1S/C17H27NO2/c1-12-11-18-16(13(2)17(12)20-3)10-15(19)9-8-14-6-4-5-7-14/h11,14-15,19H,4-10H2,1-3H3. The highest BCUT2D eigenvalue weighted by Crippen LogP contribution is 2.30. The number of hydrogen-bond acceptors (Lipinski definition) is 3.